The van der Waals surface area contributed by atoms with Crippen LogP contribution in [0.25, 0.3) is 0 Å². The second-order valence-electron chi connectivity index (χ2n) is 4.83. The summed E-state index contributed by atoms with van der Waals surface area (Å²) in [5, 5.41) is 8.86. The largest absolute Gasteiger partial charge is 0.351 e. The predicted octanol–water partition coefficient (Wildman–Crippen LogP) is 3.05. The minimum Gasteiger partial charge on any atom is -0.351 e. The van der Waals surface area contributed by atoms with Crippen LogP contribution in [0.5, 0.6) is 0 Å². The van der Waals surface area contributed by atoms with Crippen LogP contribution in [-0.2, 0) is 21.4 Å². The molecule has 0 unspecified atom stereocenters. The molecule has 0 aliphatic heterocycles. The van der Waals surface area contributed by atoms with Crippen LogP contribution in [0, 0.1) is 0 Å². The van der Waals surface area contributed by atoms with Crippen molar-refractivity contribution in [2.45, 2.75) is 16.3 Å². The molecule has 9 heteroatoms. The Balaban J connectivity index is 1.86. The van der Waals surface area contributed by atoms with Crippen LogP contribution in [0.3, 0.4) is 0 Å². The monoisotopic (exact) mass is 404 g/mol. The number of thioether (sulfide) groups is 1. The van der Waals surface area contributed by atoms with Gasteiger partial charge in [-0.3, -0.25) is 4.79 Å². The molecule has 5 nitrogen and oxygen atoms in total. The maximum atomic E-state index is 11.9. The zero-order chi connectivity index (χ0) is 17.7. The van der Waals surface area contributed by atoms with Gasteiger partial charge in [-0.1, -0.05) is 35.3 Å². The van der Waals surface area contributed by atoms with E-state index < -0.39 is 10.0 Å². The molecule has 2 aromatic carbocycles. The summed E-state index contributed by atoms with van der Waals surface area (Å²) in [6, 6.07) is 11.1. The maximum absolute atomic E-state index is 11.9. The second kappa shape index (κ2) is 8.22. The molecule has 128 valence electrons. The molecular formula is C15H14Cl2N2O3S2. The van der Waals surface area contributed by atoms with Gasteiger partial charge in [-0.25, -0.2) is 13.6 Å². The average molecular weight is 405 g/mol. The van der Waals surface area contributed by atoms with Crippen LogP contribution in [0.4, 0.5) is 0 Å². The molecule has 0 heterocycles. The number of hydrogen-bond acceptors (Lipinski definition) is 4. The molecule has 0 fully saturated rings. The van der Waals surface area contributed by atoms with Crippen molar-refractivity contribution in [3.8, 4) is 0 Å². The Morgan fingerprint density at radius 3 is 2.42 bits per heavy atom. The number of benzene rings is 2. The maximum Gasteiger partial charge on any atom is 0.238 e. The van der Waals surface area contributed by atoms with Gasteiger partial charge in [0.15, 0.2) is 0 Å². The lowest BCUT2D eigenvalue weighted by atomic mass is 10.2. The van der Waals surface area contributed by atoms with Crippen LogP contribution in [0.2, 0.25) is 10.0 Å². The molecule has 2 rings (SSSR count). The Morgan fingerprint density at radius 1 is 1.12 bits per heavy atom. The van der Waals surface area contributed by atoms with Gasteiger partial charge in [0.2, 0.25) is 15.9 Å². The fourth-order valence-corrected chi connectivity index (χ4v) is 3.62. The predicted molar refractivity (Wildman–Crippen MR) is 96.8 cm³/mol. The SMILES string of the molecule is NS(=O)(=O)c1ccc(CNC(=O)CSc2cc(Cl)ccc2Cl)cc1. The van der Waals surface area contributed by atoms with Crippen molar-refractivity contribution in [2.75, 3.05) is 5.75 Å². The van der Waals surface area contributed by atoms with Gasteiger partial charge >= 0.3 is 0 Å². The van der Waals surface area contributed by atoms with Gasteiger partial charge in [0.05, 0.1) is 15.7 Å². The van der Waals surface area contributed by atoms with Crippen molar-refractivity contribution < 1.29 is 13.2 Å². The van der Waals surface area contributed by atoms with Gasteiger partial charge in [0, 0.05) is 16.5 Å². The molecular weight excluding hydrogens is 391 g/mol. The summed E-state index contributed by atoms with van der Waals surface area (Å²) in [6.07, 6.45) is 0. The third-order valence-corrected chi connectivity index (χ3v) is 5.65. The van der Waals surface area contributed by atoms with Crippen LogP contribution >= 0.6 is 35.0 Å². The van der Waals surface area contributed by atoms with E-state index in [1.165, 1.54) is 23.9 Å². The number of halogens is 2. The molecule has 0 saturated carbocycles. The molecule has 0 aromatic heterocycles. The first-order valence-corrected chi connectivity index (χ1v) is 10.0. The number of primary sulfonamides is 1. The molecule has 0 radical (unpaired) electrons. The van der Waals surface area contributed by atoms with E-state index in [0.29, 0.717) is 10.0 Å². The van der Waals surface area contributed by atoms with Gasteiger partial charge in [0.1, 0.15) is 0 Å². The van der Waals surface area contributed by atoms with Gasteiger partial charge in [0.25, 0.3) is 0 Å². The molecule has 0 aliphatic rings. The van der Waals surface area contributed by atoms with Gasteiger partial charge in [-0.05, 0) is 35.9 Å². The molecule has 3 N–H and O–H groups in total. The first-order valence-electron chi connectivity index (χ1n) is 6.72. The van der Waals surface area contributed by atoms with Crippen molar-refractivity contribution >= 4 is 50.9 Å². The zero-order valence-corrected chi connectivity index (χ0v) is 15.5. The number of rotatable bonds is 6. The quantitative estimate of drug-likeness (QED) is 0.723. The van der Waals surface area contributed by atoms with E-state index in [4.69, 9.17) is 28.3 Å². The van der Waals surface area contributed by atoms with Crippen LogP contribution in [0.1, 0.15) is 5.56 Å². The van der Waals surface area contributed by atoms with E-state index >= 15 is 0 Å². The smallest absolute Gasteiger partial charge is 0.238 e. The van der Waals surface area contributed by atoms with E-state index in [-0.39, 0.29) is 23.1 Å². The summed E-state index contributed by atoms with van der Waals surface area (Å²) in [7, 11) is -3.71. The Labute approximate surface area is 154 Å². The third kappa shape index (κ3) is 5.68. The Hall–Kier alpha value is -1.25. The first kappa shape index (κ1) is 19.1. The van der Waals surface area contributed by atoms with Crippen molar-refractivity contribution in [1.29, 1.82) is 0 Å². The minimum atomic E-state index is -3.71. The van der Waals surface area contributed by atoms with Crippen molar-refractivity contribution in [1.82, 2.24) is 5.32 Å². The van der Waals surface area contributed by atoms with E-state index in [1.54, 1.807) is 30.3 Å². The number of nitrogens with one attached hydrogen (secondary N) is 1. The lowest BCUT2D eigenvalue weighted by Gasteiger charge is -2.07. The van der Waals surface area contributed by atoms with Crippen LogP contribution < -0.4 is 10.5 Å². The number of hydrogen-bond donors (Lipinski definition) is 2. The topological polar surface area (TPSA) is 89.3 Å². The summed E-state index contributed by atoms with van der Waals surface area (Å²) >= 11 is 13.2. The number of sulfonamides is 1. The Kier molecular flexibility index (Phi) is 6.54. The highest BCUT2D eigenvalue weighted by atomic mass is 35.5. The second-order valence-corrected chi connectivity index (χ2v) is 8.25. The van der Waals surface area contributed by atoms with Gasteiger partial charge in [-0.15, -0.1) is 11.8 Å². The molecule has 0 spiro atoms. The van der Waals surface area contributed by atoms with Gasteiger partial charge in [-0.2, -0.15) is 0 Å². The number of amides is 1. The number of nitrogens with two attached hydrogens (primary N) is 1. The fourth-order valence-electron chi connectivity index (χ4n) is 1.78. The molecule has 0 saturated heterocycles. The van der Waals surface area contributed by atoms with Crippen LogP contribution in [-0.4, -0.2) is 20.1 Å². The van der Waals surface area contributed by atoms with E-state index in [0.717, 1.165) is 10.5 Å². The van der Waals surface area contributed by atoms with E-state index in [1.807, 2.05) is 0 Å². The Morgan fingerprint density at radius 2 is 1.79 bits per heavy atom. The first-order chi connectivity index (χ1) is 11.3. The highest BCUT2D eigenvalue weighted by molar-refractivity contribution is 8.00. The Bertz CT molecular complexity index is 840. The lowest BCUT2D eigenvalue weighted by molar-refractivity contribution is -0.118. The standard InChI is InChI=1S/C15H14Cl2N2O3S2/c16-11-3-6-13(17)14(7-11)23-9-15(20)19-8-10-1-4-12(5-2-10)24(18,21)22/h1-7H,8-9H2,(H,19,20)(H2,18,21,22). The van der Waals surface area contributed by atoms with E-state index in [9.17, 15) is 13.2 Å². The minimum absolute atomic E-state index is 0.0312. The zero-order valence-electron chi connectivity index (χ0n) is 12.3. The molecule has 0 bridgehead atoms. The molecule has 2 aromatic rings. The van der Waals surface area contributed by atoms with Crippen molar-refractivity contribution in [3.63, 3.8) is 0 Å². The lowest BCUT2D eigenvalue weighted by Crippen LogP contribution is -2.24. The summed E-state index contributed by atoms with van der Waals surface area (Å²) in [4.78, 5) is 12.7. The number of carbonyl (C=O) groups is 1. The molecule has 24 heavy (non-hydrogen) atoms. The summed E-state index contributed by atoms with van der Waals surface area (Å²) in [5.74, 6) is 0.0153. The third-order valence-electron chi connectivity index (χ3n) is 2.99. The summed E-state index contributed by atoms with van der Waals surface area (Å²) in [5.41, 5.74) is 0.765. The molecule has 0 atom stereocenters. The van der Waals surface area contributed by atoms with Gasteiger partial charge < -0.3 is 5.32 Å². The fraction of sp³-hybridized carbons (Fsp3) is 0.133. The highest BCUT2D eigenvalue weighted by Crippen LogP contribution is 2.29. The normalized spacial score (nSPS) is 11.3. The van der Waals surface area contributed by atoms with Crippen molar-refractivity contribution in [2.24, 2.45) is 5.14 Å². The number of carbonyl (C=O) groups excluding carboxylic acids is 1. The summed E-state index contributed by atoms with van der Waals surface area (Å²) < 4.78 is 22.3. The molecule has 0 aliphatic carbocycles. The highest BCUT2D eigenvalue weighted by Gasteiger charge is 2.09. The van der Waals surface area contributed by atoms with Crippen molar-refractivity contribution in [3.05, 3.63) is 58.1 Å². The molecule has 1 amide bonds. The summed E-state index contributed by atoms with van der Waals surface area (Å²) in [6.45, 7) is 0.285. The average Bonchev–Trinajstić information content (AvgIpc) is 2.53. The van der Waals surface area contributed by atoms with E-state index in [2.05, 4.69) is 5.32 Å². The van der Waals surface area contributed by atoms with Crippen LogP contribution in [0.15, 0.2) is 52.3 Å².